The van der Waals surface area contributed by atoms with Gasteiger partial charge in [0, 0.05) is 15.9 Å². The van der Waals surface area contributed by atoms with Crippen LogP contribution in [0.15, 0.2) is 46.9 Å². The van der Waals surface area contributed by atoms with E-state index < -0.39 is 0 Å². The van der Waals surface area contributed by atoms with Gasteiger partial charge in [-0.05, 0) is 55.3 Å². The molecule has 2 aromatic carbocycles. The Morgan fingerprint density at radius 2 is 1.95 bits per heavy atom. The summed E-state index contributed by atoms with van der Waals surface area (Å²) in [6.07, 6.45) is 0. The zero-order valence-electron chi connectivity index (χ0n) is 12.4. The first-order chi connectivity index (χ1) is 10.5. The molecule has 2 nitrogen and oxygen atoms in total. The molecule has 0 spiro atoms. The molecule has 0 saturated carbocycles. The van der Waals surface area contributed by atoms with E-state index in [0.717, 1.165) is 15.8 Å². The molecule has 0 bridgehead atoms. The van der Waals surface area contributed by atoms with Crippen LogP contribution in [0.3, 0.4) is 0 Å². The number of hydrogen-bond acceptors (Lipinski definition) is 2. The average molecular weight is 382 g/mol. The van der Waals surface area contributed by atoms with Crippen molar-refractivity contribution in [3.05, 3.63) is 63.9 Å². The van der Waals surface area contributed by atoms with Crippen LogP contribution in [-0.4, -0.2) is 11.2 Å². The zero-order chi connectivity index (χ0) is 16.1. The lowest BCUT2D eigenvalue weighted by Gasteiger charge is -2.13. The number of aryl methyl sites for hydroxylation is 1. The summed E-state index contributed by atoms with van der Waals surface area (Å²) < 4.78 is 14.1. The summed E-state index contributed by atoms with van der Waals surface area (Å²) >= 11 is 4.97. The Hall–Kier alpha value is -1.33. The van der Waals surface area contributed by atoms with Crippen molar-refractivity contribution in [2.75, 3.05) is 5.32 Å². The van der Waals surface area contributed by atoms with E-state index in [1.807, 2.05) is 31.2 Å². The Morgan fingerprint density at radius 1 is 1.27 bits per heavy atom. The molecule has 116 valence electrons. The summed E-state index contributed by atoms with van der Waals surface area (Å²) in [4.78, 5) is 12.2. The number of thioether (sulfide) groups is 1. The van der Waals surface area contributed by atoms with Crippen LogP contribution in [0.5, 0.6) is 0 Å². The summed E-state index contributed by atoms with van der Waals surface area (Å²) in [5.41, 5.74) is 2.55. The van der Waals surface area contributed by atoms with Gasteiger partial charge < -0.3 is 5.32 Å². The first kappa shape index (κ1) is 17.0. The minimum atomic E-state index is -0.298. The van der Waals surface area contributed by atoms with Crippen LogP contribution in [0.2, 0.25) is 0 Å². The Balaban J connectivity index is 1.90. The van der Waals surface area contributed by atoms with Crippen LogP contribution in [0.25, 0.3) is 0 Å². The van der Waals surface area contributed by atoms with Gasteiger partial charge in [-0.25, -0.2) is 4.39 Å². The highest BCUT2D eigenvalue weighted by Crippen LogP contribution is 2.22. The summed E-state index contributed by atoms with van der Waals surface area (Å²) in [6.45, 7) is 3.65. The SMILES string of the molecule is Cc1cc(F)ccc1NC(=O)[C@@H](C)SCc1ccc(Br)cc1. The quantitative estimate of drug-likeness (QED) is 0.774. The summed E-state index contributed by atoms with van der Waals surface area (Å²) in [5, 5.41) is 2.66. The van der Waals surface area contributed by atoms with Crippen molar-refractivity contribution in [1.82, 2.24) is 0 Å². The van der Waals surface area contributed by atoms with Gasteiger partial charge in [-0.15, -0.1) is 11.8 Å². The predicted molar refractivity (Wildman–Crippen MR) is 94.7 cm³/mol. The molecule has 1 N–H and O–H groups in total. The first-order valence-electron chi connectivity index (χ1n) is 6.89. The maximum atomic E-state index is 13.1. The highest BCUT2D eigenvalue weighted by molar-refractivity contribution is 9.10. The van der Waals surface area contributed by atoms with E-state index in [1.165, 1.54) is 17.7 Å². The number of carbonyl (C=O) groups excluding carboxylic acids is 1. The summed E-state index contributed by atoms with van der Waals surface area (Å²) in [5.74, 6) is 0.398. The zero-order valence-corrected chi connectivity index (χ0v) is 14.8. The molecule has 0 unspecified atom stereocenters. The van der Waals surface area contributed by atoms with Crippen molar-refractivity contribution < 1.29 is 9.18 Å². The molecule has 0 aliphatic heterocycles. The molecule has 0 aliphatic rings. The van der Waals surface area contributed by atoms with Crippen LogP contribution in [-0.2, 0) is 10.5 Å². The molecule has 0 fully saturated rings. The molecule has 0 aromatic heterocycles. The number of carbonyl (C=O) groups is 1. The Kier molecular flexibility index (Phi) is 6.03. The van der Waals surface area contributed by atoms with Crippen LogP contribution in [0.1, 0.15) is 18.1 Å². The fourth-order valence-corrected chi connectivity index (χ4v) is 2.99. The van der Waals surface area contributed by atoms with Crippen molar-refractivity contribution >= 4 is 39.3 Å². The monoisotopic (exact) mass is 381 g/mol. The van der Waals surface area contributed by atoms with E-state index in [9.17, 15) is 9.18 Å². The molecular weight excluding hydrogens is 365 g/mol. The molecule has 0 heterocycles. The van der Waals surface area contributed by atoms with Crippen molar-refractivity contribution in [3.63, 3.8) is 0 Å². The fraction of sp³-hybridized carbons (Fsp3) is 0.235. The molecule has 2 rings (SSSR count). The van der Waals surface area contributed by atoms with Gasteiger partial charge in [0.1, 0.15) is 5.82 Å². The number of anilines is 1. The van der Waals surface area contributed by atoms with E-state index >= 15 is 0 Å². The van der Waals surface area contributed by atoms with Gasteiger partial charge in [-0.1, -0.05) is 28.1 Å². The molecule has 0 radical (unpaired) electrons. The van der Waals surface area contributed by atoms with E-state index in [4.69, 9.17) is 0 Å². The van der Waals surface area contributed by atoms with Crippen LogP contribution >= 0.6 is 27.7 Å². The lowest BCUT2D eigenvalue weighted by molar-refractivity contribution is -0.115. The van der Waals surface area contributed by atoms with Crippen molar-refractivity contribution in [3.8, 4) is 0 Å². The lowest BCUT2D eigenvalue weighted by atomic mass is 10.2. The Labute approximate surface area is 142 Å². The lowest BCUT2D eigenvalue weighted by Crippen LogP contribution is -2.23. The maximum Gasteiger partial charge on any atom is 0.237 e. The number of nitrogens with one attached hydrogen (secondary N) is 1. The maximum absolute atomic E-state index is 13.1. The number of amides is 1. The second-order valence-corrected chi connectivity index (χ2v) is 7.27. The molecule has 5 heteroatoms. The Morgan fingerprint density at radius 3 is 2.59 bits per heavy atom. The number of rotatable bonds is 5. The van der Waals surface area contributed by atoms with E-state index in [0.29, 0.717) is 5.69 Å². The van der Waals surface area contributed by atoms with Crippen molar-refractivity contribution in [1.29, 1.82) is 0 Å². The molecule has 2 aromatic rings. The van der Waals surface area contributed by atoms with Crippen molar-refractivity contribution in [2.45, 2.75) is 24.9 Å². The van der Waals surface area contributed by atoms with Gasteiger partial charge in [-0.2, -0.15) is 0 Å². The van der Waals surface area contributed by atoms with Crippen LogP contribution in [0.4, 0.5) is 10.1 Å². The number of halogens is 2. The van der Waals surface area contributed by atoms with Gasteiger partial charge in [0.2, 0.25) is 5.91 Å². The van der Waals surface area contributed by atoms with Gasteiger partial charge in [0.05, 0.1) is 5.25 Å². The second-order valence-electron chi connectivity index (χ2n) is 5.03. The fourth-order valence-electron chi connectivity index (χ4n) is 1.88. The highest BCUT2D eigenvalue weighted by Gasteiger charge is 2.14. The summed E-state index contributed by atoms with van der Waals surface area (Å²) in [7, 11) is 0. The molecule has 1 amide bonds. The minimum Gasteiger partial charge on any atom is -0.325 e. The number of benzene rings is 2. The van der Waals surface area contributed by atoms with Gasteiger partial charge in [0.15, 0.2) is 0 Å². The topological polar surface area (TPSA) is 29.1 Å². The van der Waals surface area contributed by atoms with E-state index in [1.54, 1.807) is 24.8 Å². The third kappa shape index (κ3) is 4.85. The van der Waals surface area contributed by atoms with Crippen LogP contribution in [0, 0.1) is 12.7 Å². The Bertz CT molecular complexity index is 660. The van der Waals surface area contributed by atoms with E-state index in [2.05, 4.69) is 21.2 Å². The molecule has 1 atom stereocenters. The van der Waals surface area contributed by atoms with Gasteiger partial charge >= 0.3 is 0 Å². The van der Waals surface area contributed by atoms with Crippen LogP contribution < -0.4 is 5.32 Å². The predicted octanol–water partition coefficient (Wildman–Crippen LogP) is 5.16. The minimum absolute atomic E-state index is 0.0724. The van der Waals surface area contributed by atoms with Crippen molar-refractivity contribution in [2.24, 2.45) is 0 Å². The second kappa shape index (κ2) is 7.79. The van der Waals surface area contributed by atoms with Gasteiger partial charge in [-0.3, -0.25) is 4.79 Å². The number of hydrogen-bond donors (Lipinski definition) is 1. The standard InChI is InChI=1S/C17H17BrFNOS/c1-11-9-15(19)7-8-16(11)20-17(21)12(2)22-10-13-3-5-14(18)6-4-13/h3-9,12H,10H2,1-2H3,(H,20,21)/t12-/m1/s1. The van der Waals surface area contributed by atoms with Gasteiger partial charge in [0.25, 0.3) is 0 Å². The summed E-state index contributed by atoms with van der Waals surface area (Å²) in [6, 6.07) is 12.4. The third-order valence-corrected chi connectivity index (χ3v) is 4.97. The highest BCUT2D eigenvalue weighted by atomic mass is 79.9. The van der Waals surface area contributed by atoms with E-state index in [-0.39, 0.29) is 17.0 Å². The molecule has 22 heavy (non-hydrogen) atoms. The average Bonchev–Trinajstić information content (AvgIpc) is 2.49. The molecular formula is C17H17BrFNOS. The largest absolute Gasteiger partial charge is 0.325 e. The third-order valence-electron chi connectivity index (χ3n) is 3.23. The molecule has 0 saturated heterocycles. The smallest absolute Gasteiger partial charge is 0.237 e. The first-order valence-corrected chi connectivity index (χ1v) is 8.73. The normalized spacial score (nSPS) is 12.0. The molecule has 0 aliphatic carbocycles.